The van der Waals surface area contributed by atoms with Gasteiger partial charge in [-0.3, -0.25) is 0 Å². The predicted octanol–water partition coefficient (Wildman–Crippen LogP) is 2.81. The van der Waals surface area contributed by atoms with Crippen molar-refractivity contribution in [3.05, 3.63) is 0 Å². The lowest BCUT2D eigenvalue weighted by Gasteiger charge is -2.41. The summed E-state index contributed by atoms with van der Waals surface area (Å²) >= 11 is 0. The highest BCUT2D eigenvalue weighted by molar-refractivity contribution is 8.05. The summed E-state index contributed by atoms with van der Waals surface area (Å²) in [7, 11) is -9.48. The highest BCUT2D eigenvalue weighted by Crippen LogP contribution is 2.62. The van der Waals surface area contributed by atoms with Crippen molar-refractivity contribution < 1.29 is 43.2 Å². The van der Waals surface area contributed by atoms with Crippen molar-refractivity contribution in [1.82, 2.24) is 13.5 Å². The quantitative estimate of drug-likeness (QED) is 0.477. The average molecular weight is 484 g/mol. The molecule has 0 aromatic heterocycles. The van der Waals surface area contributed by atoms with Crippen LogP contribution in [0.3, 0.4) is 0 Å². The zero-order valence-corrected chi connectivity index (χ0v) is 18.3. The molecule has 0 aliphatic carbocycles. The van der Waals surface area contributed by atoms with Crippen molar-refractivity contribution in [1.29, 1.82) is 0 Å². The summed E-state index contributed by atoms with van der Waals surface area (Å²) in [6.45, 7) is 7.38. The molecule has 0 saturated carbocycles. The van der Waals surface area contributed by atoms with E-state index in [0.29, 0.717) is 0 Å². The molecule has 1 N–H and O–H groups in total. The molecule has 1 heterocycles. The van der Waals surface area contributed by atoms with Crippen molar-refractivity contribution >= 4 is 27.6 Å². The maximum absolute atomic E-state index is 11.5. The summed E-state index contributed by atoms with van der Waals surface area (Å²) in [6.07, 6.45) is 5.47. The minimum atomic E-state index is -6.60. The Morgan fingerprint density at radius 2 is 1.25 bits per heavy atom. The van der Waals surface area contributed by atoms with Crippen molar-refractivity contribution in [2.75, 3.05) is 40.0 Å². The largest absolute Gasteiger partial charge is 0.512 e. The number of nitrogens with zero attached hydrogens (tertiary/aromatic N) is 2. The molecule has 0 aromatic rings. The number of rotatable bonds is 5. The van der Waals surface area contributed by atoms with E-state index in [9.17, 15) is 43.2 Å². The zero-order chi connectivity index (χ0) is 22.6. The van der Waals surface area contributed by atoms with E-state index in [4.69, 9.17) is 0 Å². The number of nitrogens with one attached hydrogen (secondary N) is 1. The molecule has 1 saturated heterocycles. The SMILES string of the molecule is CCCC[P+]1(C)N(C)CCCN1C.O=S(=O)(NS(=O)(=O)C(F)(F)F)C(F)(F)F. The molecule has 7 nitrogen and oxygen atoms in total. The molecular formula is C12H25F6N3O4PS2+. The van der Waals surface area contributed by atoms with E-state index in [1.807, 2.05) is 0 Å². The fraction of sp³-hybridized carbons (Fsp3) is 1.00. The van der Waals surface area contributed by atoms with Gasteiger partial charge in [0.2, 0.25) is 0 Å². The lowest BCUT2D eigenvalue weighted by Crippen LogP contribution is -2.45. The Bertz CT molecular complexity index is 660. The van der Waals surface area contributed by atoms with Crippen LogP contribution >= 0.6 is 7.56 Å². The number of alkyl halides is 6. The van der Waals surface area contributed by atoms with Crippen LogP contribution in [0.5, 0.6) is 0 Å². The van der Waals surface area contributed by atoms with E-state index in [0.717, 1.165) is 0 Å². The van der Waals surface area contributed by atoms with Gasteiger partial charge in [-0.05, 0) is 12.8 Å². The molecule has 16 heteroatoms. The van der Waals surface area contributed by atoms with E-state index >= 15 is 0 Å². The van der Waals surface area contributed by atoms with E-state index in [-0.39, 0.29) is 0 Å². The highest BCUT2D eigenvalue weighted by Gasteiger charge is 2.55. The Balaban J connectivity index is 0.000000525. The lowest BCUT2D eigenvalue weighted by atomic mass is 10.4. The van der Waals surface area contributed by atoms with E-state index in [1.165, 1.54) is 38.5 Å². The van der Waals surface area contributed by atoms with Crippen molar-refractivity contribution in [3.8, 4) is 0 Å². The molecule has 28 heavy (non-hydrogen) atoms. The Kier molecular flexibility index (Phi) is 9.66. The minimum Gasteiger partial charge on any atom is -0.202 e. The third-order valence-electron chi connectivity index (χ3n) is 4.20. The molecule has 0 radical (unpaired) electrons. The van der Waals surface area contributed by atoms with Crippen LogP contribution in [0.1, 0.15) is 26.2 Å². The van der Waals surface area contributed by atoms with Gasteiger partial charge in [0, 0.05) is 27.2 Å². The second-order valence-corrected chi connectivity index (χ2v) is 13.9. The van der Waals surface area contributed by atoms with Gasteiger partial charge in [-0.25, -0.2) is 16.8 Å². The molecule has 170 valence electrons. The predicted molar refractivity (Wildman–Crippen MR) is 95.6 cm³/mol. The third-order valence-corrected chi connectivity index (χ3v) is 11.7. The van der Waals surface area contributed by atoms with Gasteiger partial charge in [0.25, 0.3) is 0 Å². The maximum Gasteiger partial charge on any atom is 0.512 e. The summed E-state index contributed by atoms with van der Waals surface area (Å²) in [5.74, 6) is 0. The first-order valence-corrected chi connectivity index (χ1v) is 13.3. The van der Waals surface area contributed by atoms with E-state index in [2.05, 4.69) is 37.0 Å². The number of hydrogen-bond donors (Lipinski definition) is 1. The van der Waals surface area contributed by atoms with Gasteiger partial charge >= 0.3 is 31.1 Å². The van der Waals surface area contributed by atoms with Crippen LogP contribution in [0, 0.1) is 0 Å². The first kappa shape index (κ1) is 27.8. The third kappa shape index (κ3) is 7.24. The highest BCUT2D eigenvalue weighted by atomic mass is 32.3. The zero-order valence-electron chi connectivity index (χ0n) is 15.8. The summed E-state index contributed by atoms with van der Waals surface area (Å²) in [5.41, 5.74) is -12.3. The van der Waals surface area contributed by atoms with Gasteiger partial charge in [-0.1, -0.05) is 17.5 Å². The summed E-state index contributed by atoms with van der Waals surface area (Å²) < 4.78 is 114. The van der Waals surface area contributed by atoms with Crippen LogP contribution in [-0.4, -0.2) is 77.2 Å². The molecule has 1 rings (SSSR count). The van der Waals surface area contributed by atoms with Crippen LogP contribution in [0.25, 0.3) is 0 Å². The van der Waals surface area contributed by atoms with Gasteiger partial charge in [-0.2, -0.15) is 35.7 Å². The fourth-order valence-corrected chi connectivity index (χ4v) is 7.43. The van der Waals surface area contributed by atoms with E-state index in [1.54, 1.807) is 0 Å². The molecule has 0 atom stereocenters. The van der Waals surface area contributed by atoms with Gasteiger partial charge in [0.1, 0.15) is 7.56 Å². The second kappa shape index (κ2) is 9.73. The summed E-state index contributed by atoms with van der Waals surface area (Å²) in [5, 5.41) is 0. The van der Waals surface area contributed by atoms with Gasteiger partial charge in [-0.15, -0.1) is 0 Å². The Morgan fingerprint density at radius 1 is 0.893 bits per heavy atom. The molecule has 0 spiro atoms. The van der Waals surface area contributed by atoms with Crippen molar-refractivity contribution in [2.45, 2.75) is 37.2 Å². The lowest BCUT2D eigenvalue weighted by molar-refractivity contribution is -0.0476. The molecular weight excluding hydrogens is 459 g/mol. The van der Waals surface area contributed by atoms with Gasteiger partial charge in [0.15, 0.2) is 0 Å². The number of sulfonamides is 2. The van der Waals surface area contributed by atoms with Crippen LogP contribution in [-0.2, 0) is 20.0 Å². The first-order chi connectivity index (χ1) is 12.3. The molecule has 0 amide bonds. The number of halogens is 6. The number of unbranched alkanes of at least 4 members (excludes halogenated alkanes) is 1. The molecule has 0 aromatic carbocycles. The standard InChI is InChI=1S/C10H24N2P.C2HF6NO4S2/c1-5-6-10-13(4)11(2)8-7-9-12(13)3;3-1(4,5)14(10,11)9-15(12,13)2(6,7)8/h5-10H2,1-4H3;9H/q+1;. The van der Waals surface area contributed by atoms with Crippen LogP contribution < -0.4 is 4.13 Å². The topological polar surface area (TPSA) is 86.8 Å². The summed E-state index contributed by atoms with van der Waals surface area (Å²) in [4.78, 5) is 0. The molecule has 1 fully saturated rings. The molecule has 0 unspecified atom stereocenters. The molecule has 0 bridgehead atoms. The maximum atomic E-state index is 11.5. The summed E-state index contributed by atoms with van der Waals surface area (Å²) in [6, 6.07) is 0. The normalized spacial score (nSPS) is 19.8. The van der Waals surface area contributed by atoms with E-state index < -0.39 is 42.8 Å². The van der Waals surface area contributed by atoms with Crippen LogP contribution in [0.15, 0.2) is 0 Å². The molecule has 1 aliphatic heterocycles. The van der Waals surface area contributed by atoms with Crippen LogP contribution in [0.4, 0.5) is 26.3 Å². The van der Waals surface area contributed by atoms with Crippen LogP contribution in [0.2, 0.25) is 0 Å². The Morgan fingerprint density at radius 3 is 1.54 bits per heavy atom. The molecule has 1 aliphatic rings. The van der Waals surface area contributed by atoms with Gasteiger partial charge in [0.05, 0.1) is 12.8 Å². The first-order valence-electron chi connectivity index (χ1n) is 8.01. The van der Waals surface area contributed by atoms with Gasteiger partial charge < -0.3 is 0 Å². The van der Waals surface area contributed by atoms with Crippen molar-refractivity contribution in [3.63, 3.8) is 0 Å². The minimum absolute atomic E-state index is 0.493. The smallest absolute Gasteiger partial charge is 0.202 e. The average Bonchev–Trinajstić information content (AvgIpc) is 2.48. The monoisotopic (exact) mass is 484 g/mol. The number of hydrogen-bond acceptors (Lipinski definition) is 6. The second-order valence-electron chi connectivity index (χ2n) is 6.26. The van der Waals surface area contributed by atoms with Crippen molar-refractivity contribution in [2.24, 2.45) is 0 Å². The Hall–Kier alpha value is -0.210. The Labute approximate surface area is 162 Å². The fourth-order valence-electron chi connectivity index (χ4n) is 2.26.